The first kappa shape index (κ1) is 10.2. The van der Waals surface area contributed by atoms with E-state index in [0.29, 0.717) is 6.04 Å². The summed E-state index contributed by atoms with van der Waals surface area (Å²) in [6.45, 7) is 2.19. The van der Waals surface area contributed by atoms with Gasteiger partial charge in [0.15, 0.2) is 0 Å². The van der Waals surface area contributed by atoms with E-state index in [1.807, 2.05) is 7.05 Å². The van der Waals surface area contributed by atoms with Crippen molar-refractivity contribution in [2.45, 2.75) is 37.3 Å². The quantitative estimate of drug-likeness (QED) is 0.740. The summed E-state index contributed by atoms with van der Waals surface area (Å²) in [5.74, 6) is 0. The van der Waals surface area contributed by atoms with Gasteiger partial charge in [-0.15, -0.1) is 5.10 Å². The molecule has 3 heterocycles. The maximum absolute atomic E-state index is 10.7. The largest absolute Gasteiger partial charge is 0.383 e. The number of rotatable bonds is 1. The molecule has 0 amide bonds. The average Bonchev–Trinajstić information content (AvgIpc) is 2.85. The Labute approximate surface area is 95.1 Å². The lowest BCUT2D eigenvalue weighted by atomic mass is 9.84. The van der Waals surface area contributed by atoms with Crippen LogP contribution >= 0.6 is 0 Å². The minimum absolute atomic E-state index is 0.550. The van der Waals surface area contributed by atoms with Crippen LogP contribution in [0.15, 0.2) is 6.20 Å². The number of piperidine rings is 1. The molecule has 2 atom stereocenters. The fourth-order valence-corrected chi connectivity index (χ4v) is 3.18. The highest BCUT2D eigenvalue weighted by Gasteiger charge is 2.42. The fraction of sp³-hybridized carbons (Fsp3) is 0.818. The molecule has 5 nitrogen and oxygen atoms in total. The predicted molar refractivity (Wildman–Crippen MR) is 58.7 cm³/mol. The molecule has 0 aliphatic carbocycles. The van der Waals surface area contributed by atoms with Crippen molar-refractivity contribution < 1.29 is 5.11 Å². The van der Waals surface area contributed by atoms with Gasteiger partial charge < -0.3 is 10.0 Å². The summed E-state index contributed by atoms with van der Waals surface area (Å²) in [5, 5.41) is 18.5. The Morgan fingerprint density at radius 2 is 2.38 bits per heavy atom. The van der Waals surface area contributed by atoms with Gasteiger partial charge >= 0.3 is 0 Å². The Hall–Kier alpha value is -0.940. The van der Waals surface area contributed by atoms with Crippen molar-refractivity contribution in [2.24, 2.45) is 7.05 Å². The van der Waals surface area contributed by atoms with Gasteiger partial charge in [0.1, 0.15) is 5.60 Å². The first-order valence-electron chi connectivity index (χ1n) is 6.01. The SMILES string of the molecule is Cn1nncc1C1(O)CCN2CCCC2C1. The Kier molecular flexibility index (Phi) is 2.26. The van der Waals surface area contributed by atoms with E-state index >= 15 is 0 Å². The van der Waals surface area contributed by atoms with Gasteiger partial charge in [-0.05, 0) is 32.2 Å². The second-order valence-corrected chi connectivity index (χ2v) is 5.06. The van der Waals surface area contributed by atoms with Crippen LogP contribution in [0.5, 0.6) is 0 Å². The lowest BCUT2D eigenvalue weighted by Gasteiger charge is -2.40. The number of aliphatic hydroxyl groups is 1. The zero-order valence-electron chi connectivity index (χ0n) is 9.63. The molecule has 88 valence electrons. The molecule has 0 saturated carbocycles. The molecular formula is C11H18N4O. The molecule has 3 rings (SSSR count). The molecule has 1 aromatic rings. The molecule has 2 fully saturated rings. The van der Waals surface area contributed by atoms with Gasteiger partial charge in [0, 0.05) is 19.6 Å². The lowest BCUT2D eigenvalue weighted by molar-refractivity contribution is -0.0466. The van der Waals surface area contributed by atoms with Crippen molar-refractivity contribution in [2.75, 3.05) is 13.1 Å². The number of aromatic nitrogens is 3. The summed E-state index contributed by atoms with van der Waals surface area (Å²) in [6, 6.07) is 0.550. The lowest BCUT2D eigenvalue weighted by Crippen LogP contribution is -2.46. The van der Waals surface area contributed by atoms with E-state index in [1.54, 1.807) is 10.9 Å². The highest BCUT2D eigenvalue weighted by Crippen LogP contribution is 2.38. The summed E-state index contributed by atoms with van der Waals surface area (Å²) >= 11 is 0. The Morgan fingerprint density at radius 1 is 1.50 bits per heavy atom. The molecule has 2 aliphatic rings. The van der Waals surface area contributed by atoms with Crippen LogP contribution in [-0.4, -0.2) is 44.1 Å². The predicted octanol–water partition coefficient (Wildman–Crippen LogP) is 0.261. The van der Waals surface area contributed by atoms with E-state index in [4.69, 9.17) is 0 Å². The number of hydrogen-bond acceptors (Lipinski definition) is 4. The Bertz CT molecular complexity index is 391. The van der Waals surface area contributed by atoms with Crippen LogP contribution < -0.4 is 0 Å². The van der Waals surface area contributed by atoms with Gasteiger partial charge in [-0.2, -0.15) is 0 Å². The van der Waals surface area contributed by atoms with Crippen molar-refractivity contribution in [3.05, 3.63) is 11.9 Å². The van der Waals surface area contributed by atoms with Gasteiger partial charge in [-0.1, -0.05) is 5.21 Å². The third-order valence-electron chi connectivity index (χ3n) is 4.08. The molecule has 2 unspecified atom stereocenters. The normalized spacial score (nSPS) is 35.2. The van der Waals surface area contributed by atoms with E-state index in [9.17, 15) is 5.11 Å². The summed E-state index contributed by atoms with van der Waals surface area (Å²) < 4.78 is 1.70. The minimum Gasteiger partial charge on any atom is -0.383 e. The molecule has 0 radical (unpaired) electrons. The third-order valence-corrected chi connectivity index (χ3v) is 4.08. The Morgan fingerprint density at radius 3 is 3.12 bits per heavy atom. The Balaban J connectivity index is 1.86. The molecule has 1 N–H and O–H groups in total. The smallest absolute Gasteiger partial charge is 0.110 e. The number of aryl methyl sites for hydroxylation is 1. The fourth-order valence-electron chi connectivity index (χ4n) is 3.18. The molecule has 0 aromatic carbocycles. The second-order valence-electron chi connectivity index (χ2n) is 5.06. The number of fused-ring (bicyclic) bond motifs is 1. The van der Waals surface area contributed by atoms with Gasteiger partial charge in [-0.3, -0.25) is 0 Å². The molecule has 0 spiro atoms. The second kappa shape index (κ2) is 3.53. The summed E-state index contributed by atoms with van der Waals surface area (Å²) in [6.07, 6.45) is 5.81. The van der Waals surface area contributed by atoms with Crippen LogP contribution in [0.1, 0.15) is 31.4 Å². The zero-order chi connectivity index (χ0) is 11.2. The van der Waals surface area contributed by atoms with Crippen LogP contribution in [0, 0.1) is 0 Å². The van der Waals surface area contributed by atoms with E-state index in [-0.39, 0.29) is 0 Å². The molecular weight excluding hydrogens is 204 g/mol. The summed E-state index contributed by atoms with van der Waals surface area (Å²) in [4.78, 5) is 2.50. The van der Waals surface area contributed by atoms with Crippen LogP contribution in [-0.2, 0) is 12.6 Å². The molecule has 0 bridgehead atoms. The highest BCUT2D eigenvalue weighted by molar-refractivity contribution is 5.11. The monoisotopic (exact) mass is 222 g/mol. The average molecular weight is 222 g/mol. The van der Waals surface area contributed by atoms with Crippen LogP contribution in [0.3, 0.4) is 0 Å². The van der Waals surface area contributed by atoms with E-state index < -0.39 is 5.60 Å². The van der Waals surface area contributed by atoms with Crippen LogP contribution in [0.2, 0.25) is 0 Å². The highest BCUT2D eigenvalue weighted by atomic mass is 16.3. The van der Waals surface area contributed by atoms with Gasteiger partial charge in [-0.25, -0.2) is 4.68 Å². The number of nitrogens with zero attached hydrogens (tertiary/aromatic N) is 4. The first-order valence-corrected chi connectivity index (χ1v) is 6.01. The maximum atomic E-state index is 10.7. The topological polar surface area (TPSA) is 54.2 Å². The van der Waals surface area contributed by atoms with Crippen molar-refractivity contribution in [1.82, 2.24) is 19.9 Å². The van der Waals surface area contributed by atoms with Gasteiger partial charge in [0.25, 0.3) is 0 Å². The zero-order valence-corrected chi connectivity index (χ0v) is 9.63. The van der Waals surface area contributed by atoms with E-state index in [0.717, 1.165) is 25.1 Å². The van der Waals surface area contributed by atoms with Crippen LogP contribution in [0.25, 0.3) is 0 Å². The van der Waals surface area contributed by atoms with Crippen molar-refractivity contribution in [1.29, 1.82) is 0 Å². The standard InChI is InChI=1S/C11H18N4O/c1-14-10(8-12-13-14)11(16)4-6-15-5-2-3-9(15)7-11/h8-9,16H,2-7H2,1H3. The van der Waals surface area contributed by atoms with E-state index in [2.05, 4.69) is 15.2 Å². The molecule has 1 aromatic heterocycles. The molecule has 2 saturated heterocycles. The van der Waals surface area contributed by atoms with Crippen molar-refractivity contribution in [3.63, 3.8) is 0 Å². The minimum atomic E-state index is -0.718. The van der Waals surface area contributed by atoms with Crippen LogP contribution in [0.4, 0.5) is 0 Å². The number of hydrogen-bond donors (Lipinski definition) is 1. The molecule has 16 heavy (non-hydrogen) atoms. The van der Waals surface area contributed by atoms with Crippen molar-refractivity contribution in [3.8, 4) is 0 Å². The maximum Gasteiger partial charge on any atom is 0.110 e. The van der Waals surface area contributed by atoms with Gasteiger partial charge in [0.2, 0.25) is 0 Å². The van der Waals surface area contributed by atoms with Gasteiger partial charge in [0.05, 0.1) is 11.9 Å². The first-order chi connectivity index (χ1) is 7.69. The molecule has 2 aliphatic heterocycles. The third kappa shape index (κ3) is 1.46. The summed E-state index contributed by atoms with van der Waals surface area (Å²) in [7, 11) is 1.85. The molecule has 5 heteroatoms. The van der Waals surface area contributed by atoms with E-state index in [1.165, 1.54) is 19.4 Å². The summed E-state index contributed by atoms with van der Waals surface area (Å²) in [5.41, 5.74) is 0.142. The van der Waals surface area contributed by atoms with Crippen molar-refractivity contribution >= 4 is 0 Å².